The van der Waals surface area contributed by atoms with Crippen LogP contribution >= 0.6 is 0 Å². The average Bonchev–Trinajstić information content (AvgIpc) is 3.06. The number of carbonyl (C=O) groups excluding carboxylic acids is 3. The molecule has 7 nitrogen and oxygen atoms in total. The van der Waals surface area contributed by atoms with E-state index in [1.54, 1.807) is 36.4 Å². The van der Waals surface area contributed by atoms with E-state index in [1.165, 1.54) is 12.8 Å². The Hall–Kier alpha value is -3.35. The summed E-state index contributed by atoms with van der Waals surface area (Å²) in [6, 6.07) is 14.1. The molecule has 2 aromatic rings. The fourth-order valence-electron chi connectivity index (χ4n) is 3.73. The zero-order valence-corrected chi connectivity index (χ0v) is 19.7. The first-order valence-electron chi connectivity index (χ1n) is 11.6. The molecule has 1 heterocycles. The normalized spacial score (nSPS) is 14.2. The molecule has 1 aliphatic heterocycles. The minimum absolute atomic E-state index is 0.0663. The number of anilines is 2. The van der Waals surface area contributed by atoms with Crippen molar-refractivity contribution >= 4 is 29.1 Å². The Morgan fingerprint density at radius 3 is 2.15 bits per heavy atom. The summed E-state index contributed by atoms with van der Waals surface area (Å²) < 4.78 is 0. The van der Waals surface area contributed by atoms with Crippen molar-refractivity contribution in [3.63, 3.8) is 0 Å². The zero-order valence-electron chi connectivity index (χ0n) is 19.7. The van der Waals surface area contributed by atoms with Gasteiger partial charge in [-0.2, -0.15) is 0 Å². The average molecular weight is 451 g/mol. The van der Waals surface area contributed by atoms with Crippen molar-refractivity contribution < 1.29 is 14.4 Å². The first-order valence-corrected chi connectivity index (χ1v) is 11.6. The molecule has 0 aromatic heterocycles. The molecule has 0 atom stereocenters. The number of likely N-dealkylation sites (tertiary alicyclic amines) is 1. The maximum atomic E-state index is 12.7. The first-order chi connectivity index (χ1) is 15.7. The van der Waals surface area contributed by atoms with Gasteiger partial charge in [-0.3, -0.25) is 14.4 Å². The van der Waals surface area contributed by atoms with E-state index in [0.29, 0.717) is 16.8 Å². The van der Waals surface area contributed by atoms with Gasteiger partial charge in [-0.05, 0) is 76.1 Å². The predicted molar refractivity (Wildman–Crippen MR) is 132 cm³/mol. The molecule has 3 rings (SSSR count). The summed E-state index contributed by atoms with van der Waals surface area (Å²) in [5.74, 6) is -0.351. The quantitative estimate of drug-likeness (QED) is 0.613. The minimum Gasteiger partial charge on any atom is -0.376 e. The highest BCUT2D eigenvalue weighted by molar-refractivity contribution is 5.98. The second-order valence-corrected chi connectivity index (χ2v) is 9.47. The van der Waals surface area contributed by atoms with Crippen LogP contribution in [0.2, 0.25) is 0 Å². The Labute approximate surface area is 195 Å². The molecule has 0 aliphatic carbocycles. The monoisotopic (exact) mass is 450 g/mol. The third kappa shape index (κ3) is 7.63. The minimum atomic E-state index is -0.340. The Bertz CT molecular complexity index is 972. The van der Waals surface area contributed by atoms with Crippen LogP contribution in [-0.2, 0) is 4.79 Å². The van der Waals surface area contributed by atoms with Crippen LogP contribution in [0.3, 0.4) is 0 Å². The lowest BCUT2D eigenvalue weighted by Gasteiger charge is -2.20. The van der Waals surface area contributed by atoms with E-state index >= 15 is 0 Å². The van der Waals surface area contributed by atoms with Gasteiger partial charge < -0.3 is 20.9 Å². The number of nitrogens with one attached hydrogen (secondary N) is 3. The van der Waals surface area contributed by atoms with Crippen molar-refractivity contribution in [2.45, 2.75) is 52.0 Å². The Kier molecular flexibility index (Phi) is 8.09. The van der Waals surface area contributed by atoms with Crippen LogP contribution in [0.15, 0.2) is 48.5 Å². The van der Waals surface area contributed by atoms with E-state index in [-0.39, 0.29) is 29.8 Å². The second-order valence-electron chi connectivity index (χ2n) is 9.47. The number of hydrogen-bond acceptors (Lipinski definition) is 4. The van der Waals surface area contributed by atoms with Gasteiger partial charge in [0, 0.05) is 41.1 Å². The van der Waals surface area contributed by atoms with E-state index in [2.05, 4.69) is 16.0 Å². The fraction of sp³-hybridized carbons (Fsp3) is 0.423. The van der Waals surface area contributed by atoms with E-state index < -0.39 is 0 Å². The molecular weight excluding hydrogens is 416 g/mol. The molecule has 1 fully saturated rings. The smallest absolute Gasteiger partial charge is 0.253 e. The molecule has 0 radical (unpaired) electrons. The molecule has 0 spiro atoms. The van der Waals surface area contributed by atoms with E-state index in [1.807, 2.05) is 37.8 Å². The SMILES string of the molecule is CC(C)(C)NC(=O)c1cccc(NC(=O)CNc2ccc(C(=O)N3CCCCCC3)cc2)c1. The standard InChI is InChI=1S/C26H34N4O3/c1-26(2,3)29-24(32)20-9-8-10-22(17-20)28-23(31)18-27-21-13-11-19(12-14-21)25(33)30-15-6-4-5-7-16-30/h8-14,17,27H,4-7,15-16,18H2,1-3H3,(H,28,31)(H,29,32). The molecule has 3 N–H and O–H groups in total. The Morgan fingerprint density at radius 1 is 0.848 bits per heavy atom. The van der Waals surface area contributed by atoms with Gasteiger partial charge in [0.25, 0.3) is 11.8 Å². The summed E-state index contributed by atoms with van der Waals surface area (Å²) in [4.78, 5) is 39.3. The maximum Gasteiger partial charge on any atom is 0.253 e. The van der Waals surface area contributed by atoms with Crippen LogP contribution < -0.4 is 16.0 Å². The van der Waals surface area contributed by atoms with Gasteiger partial charge in [0.2, 0.25) is 5.91 Å². The summed E-state index contributed by atoms with van der Waals surface area (Å²) in [5, 5.41) is 8.79. The van der Waals surface area contributed by atoms with Crippen molar-refractivity contribution in [3.05, 3.63) is 59.7 Å². The van der Waals surface area contributed by atoms with Crippen LogP contribution in [0.25, 0.3) is 0 Å². The van der Waals surface area contributed by atoms with Crippen molar-refractivity contribution in [1.29, 1.82) is 0 Å². The van der Waals surface area contributed by atoms with Crippen LogP contribution in [0.5, 0.6) is 0 Å². The first kappa shape index (κ1) is 24.3. The molecule has 0 saturated carbocycles. The number of hydrogen-bond donors (Lipinski definition) is 3. The molecule has 1 aliphatic rings. The molecular formula is C26H34N4O3. The van der Waals surface area contributed by atoms with Crippen LogP contribution in [0, 0.1) is 0 Å². The molecule has 3 amide bonds. The summed E-state index contributed by atoms with van der Waals surface area (Å²) >= 11 is 0. The summed E-state index contributed by atoms with van der Waals surface area (Å²) in [5.41, 5.74) is 2.13. The third-order valence-corrected chi connectivity index (χ3v) is 5.38. The molecule has 176 valence electrons. The van der Waals surface area contributed by atoms with Crippen molar-refractivity contribution in [3.8, 4) is 0 Å². The number of rotatable bonds is 6. The lowest BCUT2D eigenvalue weighted by atomic mass is 10.1. The van der Waals surface area contributed by atoms with Gasteiger partial charge in [0.15, 0.2) is 0 Å². The molecule has 33 heavy (non-hydrogen) atoms. The van der Waals surface area contributed by atoms with Gasteiger partial charge in [-0.25, -0.2) is 0 Å². The highest BCUT2D eigenvalue weighted by Crippen LogP contribution is 2.16. The number of nitrogens with zero attached hydrogens (tertiary/aromatic N) is 1. The summed E-state index contributed by atoms with van der Waals surface area (Å²) in [7, 11) is 0. The molecule has 7 heteroatoms. The van der Waals surface area contributed by atoms with Crippen molar-refractivity contribution in [2.24, 2.45) is 0 Å². The fourth-order valence-corrected chi connectivity index (χ4v) is 3.73. The summed E-state index contributed by atoms with van der Waals surface area (Å²) in [6.07, 6.45) is 4.49. The highest BCUT2D eigenvalue weighted by atomic mass is 16.2. The van der Waals surface area contributed by atoms with Crippen LogP contribution in [-0.4, -0.2) is 47.8 Å². The van der Waals surface area contributed by atoms with E-state index in [9.17, 15) is 14.4 Å². The van der Waals surface area contributed by atoms with Crippen LogP contribution in [0.4, 0.5) is 11.4 Å². The molecule has 2 aromatic carbocycles. The number of amides is 3. The molecule has 1 saturated heterocycles. The van der Waals surface area contributed by atoms with Gasteiger partial charge in [-0.15, -0.1) is 0 Å². The Balaban J connectivity index is 1.51. The lowest BCUT2D eigenvalue weighted by molar-refractivity contribution is -0.114. The largest absolute Gasteiger partial charge is 0.376 e. The van der Waals surface area contributed by atoms with E-state index in [0.717, 1.165) is 31.6 Å². The second kappa shape index (κ2) is 11.0. The highest BCUT2D eigenvalue weighted by Gasteiger charge is 2.17. The maximum absolute atomic E-state index is 12.7. The topological polar surface area (TPSA) is 90.5 Å². The van der Waals surface area contributed by atoms with Gasteiger partial charge >= 0.3 is 0 Å². The van der Waals surface area contributed by atoms with E-state index in [4.69, 9.17) is 0 Å². The van der Waals surface area contributed by atoms with Crippen LogP contribution in [0.1, 0.15) is 67.2 Å². The third-order valence-electron chi connectivity index (χ3n) is 5.38. The zero-order chi connectivity index (χ0) is 23.8. The van der Waals surface area contributed by atoms with Crippen molar-refractivity contribution in [1.82, 2.24) is 10.2 Å². The number of carbonyl (C=O) groups is 3. The van der Waals surface area contributed by atoms with Gasteiger partial charge in [0.1, 0.15) is 0 Å². The molecule has 0 bridgehead atoms. The van der Waals surface area contributed by atoms with Gasteiger partial charge in [-0.1, -0.05) is 18.9 Å². The summed E-state index contributed by atoms with van der Waals surface area (Å²) in [6.45, 7) is 7.45. The van der Waals surface area contributed by atoms with Crippen molar-refractivity contribution in [2.75, 3.05) is 30.3 Å². The Morgan fingerprint density at radius 2 is 1.52 bits per heavy atom. The van der Waals surface area contributed by atoms with Gasteiger partial charge in [0.05, 0.1) is 6.54 Å². The number of benzene rings is 2. The molecule has 0 unspecified atom stereocenters. The lowest BCUT2D eigenvalue weighted by Crippen LogP contribution is -2.40. The predicted octanol–water partition coefficient (Wildman–Crippen LogP) is 4.28.